The van der Waals surface area contributed by atoms with Crippen molar-refractivity contribution in [2.45, 2.75) is 25.3 Å². The minimum atomic E-state index is 0.400. The van der Waals surface area contributed by atoms with Gasteiger partial charge in [-0.1, -0.05) is 0 Å². The van der Waals surface area contributed by atoms with Crippen LogP contribution >= 0.6 is 0 Å². The van der Waals surface area contributed by atoms with Gasteiger partial charge in [-0.15, -0.1) is 5.10 Å². The first-order chi connectivity index (χ1) is 11.6. The van der Waals surface area contributed by atoms with Gasteiger partial charge in [-0.25, -0.2) is 4.98 Å². The SMILES string of the molecule is CN(C)c1ccnc(N(C)C2CN(c3cc4c(nn3)CCC4)C2)n1. The summed E-state index contributed by atoms with van der Waals surface area (Å²) < 4.78 is 0. The molecule has 0 saturated carbocycles. The lowest BCUT2D eigenvalue weighted by atomic mass is 10.1. The van der Waals surface area contributed by atoms with Crippen LogP contribution in [0.1, 0.15) is 17.7 Å². The fraction of sp³-hybridized carbons (Fsp3) is 0.529. The number of rotatable bonds is 4. The second-order valence-electron chi connectivity index (χ2n) is 6.81. The van der Waals surface area contributed by atoms with Crippen LogP contribution in [0.4, 0.5) is 17.6 Å². The standard InChI is InChI=1S/C17H23N7/c1-22(2)15-7-8-18-17(19-15)23(3)13-10-24(11-13)16-9-12-5-4-6-14(12)20-21-16/h7-9,13H,4-6,10-11H2,1-3H3. The molecule has 24 heavy (non-hydrogen) atoms. The molecule has 4 rings (SSSR count). The Balaban J connectivity index is 1.42. The van der Waals surface area contributed by atoms with Gasteiger partial charge in [0.1, 0.15) is 5.82 Å². The van der Waals surface area contributed by atoms with E-state index in [1.807, 2.05) is 31.3 Å². The molecule has 0 amide bonds. The molecule has 1 aliphatic carbocycles. The van der Waals surface area contributed by atoms with Gasteiger partial charge in [0, 0.05) is 40.4 Å². The summed E-state index contributed by atoms with van der Waals surface area (Å²) in [5.74, 6) is 2.70. The quantitative estimate of drug-likeness (QED) is 0.835. The Hall–Kier alpha value is -2.44. The summed E-state index contributed by atoms with van der Waals surface area (Å²) in [6.45, 7) is 1.86. The molecule has 126 valence electrons. The summed E-state index contributed by atoms with van der Waals surface area (Å²) in [5.41, 5.74) is 2.56. The van der Waals surface area contributed by atoms with E-state index in [1.54, 1.807) is 0 Å². The highest BCUT2D eigenvalue weighted by molar-refractivity contribution is 5.49. The van der Waals surface area contributed by atoms with E-state index in [1.165, 1.54) is 17.7 Å². The summed E-state index contributed by atoms with van der Waals surface area (Å²) in [4.78, 5) is 15.5. The number of hydrogen-bond acceptors (Lipinski definition) is 7. The van der Waals surface area contributed by atoms with Crippen molar-refractivity contribution in [3.63, 3.8) is 0 Å². The molecule has 1 aliphatic heterocycles. The number of aromatic nitrogens is 4. The van der Waals surface area contributed by atoms with Crippen molar-refractivity contribution in [1.82, 2.24) is 20.2 Å². The summed E-state index contributed by atoms with van der Waals surface area (Å²) in [7, 11) is 6.04. The van der Waals surface area contributed by atoms with E-state index in [2.05, 4.69) is 43.1 Å². The van der Waals surface area contributed by atoms with Gasteiger partial charge in [-0.05, 0) is 37.0 Å². The summed E-state index contributed by atoms with van der Waals surface area (Å²) in [6, 6.07) is 4.54. The van der Waals surface area contributed by atoms with Crippen LogP contribution in [0, 0.1) is 0 Å². The Bertz CT molecular complexity index is 739. The third kappa shape index (κ3) is 2.64. The van der Waals surface area contributed by atoms with E-state index in [4.69, 9.17) is 0 Å². The van der Waals surface area contributed by atoms with Crippen molar-refractivity contribution in [3.8, 4) is 0 Å². The van der Waals surface area contributed by atoms with Crippen LogP contribution in [0.25, 0.3) is 0 Å². The average molecular weight is 325 g/mol. The van der Waals surface area contributed by atoms with Crippen molar-refractivity contribution in [1.29, 1.82) is 0 Å². The lowest BCUT2D eigenvalue weighted by Crippen LogP contribution is -2.59. The third-order valence-electron chi connectivity index (χ3n) is 4.94. The second kappa shape index (κ2) is 5.89. The number of nitrogens with zero attached hydrogens (tertiary/aromatic N) is 7. The highest BCUT2D eigenvalue weighted by Crippen LogP contribution is 2.27. The van der Waals surface area contributed by atoms with Gasteiger partial charge in [-0.3, -0.25) is 0 Å². The number of hydrogen-bond donors (Lipinski definition) is 0. The van der Waals surface area contributed by atoms with Gasteiger partial charge in [0.25, 0.3) is 0 Å². The van der Waals surface area contributed by atoms with Crippen LogP contribution in [0.2, 0.25) is 0 Å². The Morgan fingerprint density at radius 1 is 1.12 bits per heavy atom. The van der Waals surface area contributed by atoms with Crippen molar-refractivity contribution in [2.24, 2.45) is 0 Å². The maximum absolute atomic E-state index is 4.61. The van der Waals surface area contributed by atoms with Crippen LogP contribution in [0.3, 0.4) is 0 Å². The lowest BCUT2D eigenvalue weighted by molar-refractivity contribution is 0.484. The van der Waals surface area contributed by atoms with Gasteiger partial charge in [0.05, 0.1) is 11.7 Å². The van der Waals surface area contributed by atoms with Crippen LogP contribution in [-0.4, -0.2) is 60.4 Å². The zero-order chi connectivity index (χ0) is 16.7. The monoisotopic (exact) mass is 325 g/mol. The van der Waals surface area contributed by atoms with Crippen LogP contribution in [0.5, 0.6) is 0 Å². The first kappa shape index (κ1) is 15.1. The molecule has 0 N–H and O–H groups in total. The number of likely N-dealkylation sites (N-methyl/N-ethyl adjacent to an activating group) is 1. The maximum atomic E-state index is 4.61. The van der Waals surface area contributed by atoms with Gasteiger partial charge < -0.3 is 14.7 Å². The topological polar surface area (TPSA) is 61.3 Å². The zero-order valence-corrected chi connectivity index (χ0v) is 14.5. The molecule has 1 fully saturated rings. The molecule has 0 atom stereocenters. The molecular formula is C17H23N7. The Morgan fingerprint density at radius 3 is 2.75 bits per heavy atom. The molecule has 3 heterocycles. The molecule has 7 nitrogen and oxygen atoms in total. The summed E-state index contributed by atoms with van der Waals surface area (Å²) in [6.07, 6.45) is 5.24. The van der Waals surface area contributed by atoms with Gasteiger partial charge in [0.15, 0.2) is 5.82 Å². The summed E-state index contributed by atoms with van der Waals surface area (Å²) >= 11 is 0. The predicted octanol–water partition coefficient (Wildman–Crippen LogP) is 1.15. The van der Waals surface area contributed by atoms with Crippen molar-refractivity contribution in [3.05, 3.63) is 29.6 Å². The third-order valence-corrected chi connectivity index (χ3v) is 4.94. The van der Waals surface area contributed by atoms with E-state index in [0.29, 0.717) is 6.04 Å². The summed E-state index contributed by atoms with van der Waals surface area (Å²) in [5, 5.41) is 8.78. The number of aryl methyl sites for hydroxylation is 2. The van der Waals surface area contributed by atoms with Crippen LogP contribution in [0.15, 0.2) is 18.3 Å². The predicted molar refractivity (Wildman–Crippen MR) is 94.8 cm³/mol. The minimum Gasteiger partial charge on any atom is -0.363 e. The van der Waals surface area contributed by atoms with Gasteiger partial charge >= 0.3 is 0 Å². The molecule has 0 unspecified atom stereocenters. The molecule has 2 aliphatic rings. The zero-order valence-electron chi connectivity index (χ0n) is 14.5. The van der Waals surface area contributed by atoms with Crippen molar-refractivity contribution < 1.29 is 0 Å². The normalized spacial score (nSPS) is 16.7. The molecule has 0 radical (unpaired) electrons. The molecule has 0 bridgehead atoms. The van der Waals surface area contributed by atoms with E-state index >= 15 is 0 Å². The first-order valence-corrected chi connectivity index (χ1v) is 8.45. The molecule has 1 saturated heterocycles. The van der Waals surface area contributed by atoms with E-state index < -0.39 is 0 Å². The smallest absolute Gasteiger partial charge is 0.227 e. The van der Waals surface area contributed by atoms with Gasteiger partial charge in [0.2, 0.25) is 5.95 Å². The lowest BCUT2D eigenvalue weighted by Gasteiger charge is -2.44. The molecule has 7 heteroatoms. The van der Waals surface area contributed by atoms with Crippen LogP contribution < -0.4 is 14.7 Å². The fourth-order valence-corrected chi connectivity index (χ4v) is 3.28. The van der Waals surface area contributed by atoms with E-state index in [0.717, 1.165) is 43.5 Å². The Morgan fingerprint density at radius 2 is 1.96 bits per heavy atom. The Labute approximate surface area is 142 Å². The largest absolute Gasteiger partial charge is 0.363 e. The molecule has 2 aromatic heterocycles. The number of anilines is 3. The first-order valence-electron chi connectivity index (χ1n) is 8.45. The van der Waals surface area contributed by atoms with Crippen molar-refractivity contribution in [2.75, 3.05) is 48.9 Å². The fourth-order valence-electron chi connectivity index (χ4n) is 3.28. The molecule has 0 aromatic carbocycles. The Kier molecular flexibility index (Phi) is 3.70. The highest BCUT2D eigenvalue weighted by atomic mass is 15.4. The highest BCUT2D eigenvalue weighted by Gasteiger charge is 2.33. The van der Waals surface area contributed by atoms with Crippen LogP contribution in [-0.2, 0) is 12.8 Å². The van der Waals surface area contributed by atoms with E-state index in [-0.39, 0.29) is 0 Å². The molecule has 0 spiro atoms. The minimum absolute atomic E-state index is 0.400. The molecular weight excluding hydrogens is 302 g/mol. The van der Waals surface area contributed by atoms with E-state index in [9.17, 15) is 0 Å². The number of fused-ring (bicyclic) bond motifs is 1. The maximum Gasteiger partial charge on any atom is 0.227 e. The molecule has 2 aromatic rings. The van der Waals surface area contributed by atoms with Crippen molar-refractivity contribution >= 4 is 17.6 Å². The average Bonchev–Trinajstić information content (AvgIpc) is 3.01. The second-order valence-corrected chi connectivity index (χ2v) is 6.81. The van der Waals surface area contributed by atoms with Gasteiger partial charge in [-0.2, -0.15) is 10.1 Å².